The van der Waals surface area contributed by atoms with E-state index in [4.69, 9.17) is 14.2 Å². The van der Waals surface area contributed by atoms with Crippen LogP contribution in [0.2, 0.25) is 0 Å². The lowest BCUT2D eigenvalue weighted by Crippen LogP contribution is -2.30. The Balaban J connectivity index is 4.35. The molecule has 0 heterocycles. The van der Waals surface area contributed by atoms with Gasteiger partial charge < -0.3 is 14.2 Å². The Hall–Kier alpha value is -3.15. The number of rotatable bonds is 63. The molecule has 0 spiro atoms. The molecule has 0 radical (unpaired) electrons. The van der Waals surface area contributed by atoms with Gasteiger partial charge in [0.05, 0.1) is 0 Å². The first-order chi connectivity index (χ1) is 39.0. The van der Waals surface area contributed by atoms with Crippen LogP contribution in [0.25, 0.3) is 0 Å². The van der Waals surface area contributed by atoms with E-state index in [9.17, 15) is 14.4 Å². The summed E-state index contributed by atoms with van der Waals surface area (Å²) in [5.74, 6) is -0.934. The second-order valence-corrected chi connectivity index (χ2v) is 23.1. The highest BCUT2D eigenvalue weighted by Crippen LogP contribution is 2.18. The third-order valence-corrected chi connectivity index (χ3v) is 15.2. The van der Waals surface area contributed by atoms with E-state index in [-0.39, 0.29) is 37.5 Å². The van der Waals surface area contributed by atoms with Crippen molar-refractivity contribution in [2.75, 3.05) is 13.2 Å². The molecule has 1 atom stereocenters. The van der Waals surface area contributed by atoms with Crippen molar-refractivity contribution in [3.63, 3.8) is 0 Å². The molecule has 6 heteroatoms. The molecule has 0 rings (SSSR count). The fourth-order valence-corrected chi connectivity index (χ4v) is 10.1. The molecule has 458 valence electrons. The summed E-state index contributed by atoms with van der Waals surface area (Å²) >= 11 is 0. The van der Waals surface area contributed by atoms with Crippen LogP contribution in [0.1, 0.15) is 355 Å². The summed E-state index contributed by atoms with van der Waals surface area (Å²) in [7, 11) is 0. The molecule has 0 bridgehead atoms. The Labute approximate surface area is 491 Å². The molecule has 0 N–H and O–H groups in total. The van der Waals surface area contributed by atoms with Gasteiger partial charge in [-0.15, -0.1) is 0 Å². The lowest BCUT2D eigenvalue weighted by Gasteiger charge is -2.18. The van der Waals surface area contributed by atoms with Crippen LogP contribution in [-0.2, 0) is 28.6 Å². The maximum Gasteiger partial charge on any atom is 0.306 e. The largest absolute Gasteiger partial charge is 0.462 e. The summed E-state index contributed by atoms with van der Waals surface area (Å²) in [5, 5.41) is 0. The van der Waals surface area contributed by atoms with Gasteiger partial charge in [0.15, 0.2) is 6.10 Å². The van der Waals surface area contributed by atoms with Crippen molar-refractivity contribution >= 4 is 17.9 Å². The Bertz CT molecular complexity index is 1450. The standard InChI is InChI=1S/C73H130O6/c1-4-7-10-13-16-19-22-25-28-31-33-34-35-36-37-38-40-42-45-48-51-54-57-60-63-66-72(75)78-69-70(68-77-71(74)65-62-59-56-53-50-47-44-41-30-27-24-21-18-15-12-9-6-3)79-73(76)67-64-61-58-55-52-49-46-43-39-32-29-26-23-20-17-14-11-8-5-2/h9,12,18,21,26-27,29-30,44,47,53,56,70H,4-8,10-11,13-17,19-20,22-25,28,31-43,45-46,48-52,54-55,57-69H2,1-3H3/b12-9-,21-18-,29-26-,30-27-,47-44-,56-53-. The van der Waals surface area contributed by atoms with E-state index >= 15 is 0 Å². The molecule has 79 heavy (non-hydrogen) atoms. The summed E-state index contributed by atoms with van der Waals surface area (Å²) in [6.07, 6.45) is 87.9. The Morgan fingerprint density at radius 2 is 0.506 bits per heavy atom. The summed E-state index contributed by atoms with van der Waals surface area (Å²) in [4.78, 5) is 38.4. The first-order valence-electron chi connectivity index (χ1n) is 34.4. The lowest BCUT2D eigenvalue weighted by atomic mass is 10.0. The molecular formula is C73H130O6. The zero-order chi connectivity index (χ0) is 57.1. The third kappa shape index (κ3) is 65.5. The molecule has 0 aromatic heterocycles. The van der Waals surface area contributed by atoms with E-state index < -0.39 is 6.10 Å². The highest BCUT2D eigenvalue weighted by molar-refractivity contribution is 5.71. The molecule has 0 fully saturated rings. The molecule has 0 amide bonds. The van der Waals surface area contributed by atoms with Gasteiger partial charge >= 0.3 is 17.9 Å². The zero-order valence-corrected chi connectivity index (χ0v) is 52.6. The van der Waals surface area contributed by atoms with Crippen LogP contribution >= 0.6 is 0 Å². The van der Waals surface area contributed by atoms with Gasteiger partial charge in [-0.2, -0.15) is 0 Å². The minimum atomic E-state index is -0.800. The van der Waals surface area contributed by atoms with Gasteiger partial charge in [0.2, 0.25) is 0 Å². The average Bonchev–Trinajstić information content (AvgIpc) is 3.45. The van der Waals surface area contributed by atoms with Crippen molar-refractivity contribution in [2.45, 2.75) is 361 Å². The number of allylic oxidation sites excluding steroid dienone is 12. The Morgan fingerprint density at radius 1 is 0.266 bits per heavy atom. The van der Waals surface area contributed by atoms with E-state index in [1.165, 1.54) is 231 Å². The lowest BCUT2D eigenvalue weighted by molar-refractivity contribution is -0.167. The maximum atomic E-state index is 12.9. The molecule has 0 aliphatic heterocycles. The monoisotopic (exact) mass is 1100 g/mol. The zero-order valence-electron chi connectivity index (χ0n) is 52.6. The van der Waals surface area contributed by atoms with E-state index in [2.05, 4.69) is 93.7 Å². The molecule has 0 saturated carbocycles. The van der Waals surface area contributed by atoms with Gasteiger partial charge in [-0.05, 0) is 83.5 Å². The average molecular weight is 1100 g/mol. The van der Waals surface area contributed by atoms with Crippen LogP contribution in [0.5, 0.6) is 0 Å². The Morgan fingerprint density at radius 3 is 0.835 bits per heavy atom. The van der Waals surface area contributed by atoms with Crippen molar-refractivity contribution in [3.8, 4) is 0 Å². The first-order valence-corrected chi connectivity index (χ1v) is 34.4. The van der Waals surface area contributed by atoms with Gasteiger partial charge in [0, 0.05) is 19.3 Å². The van der Waals surface area contributed by atoms with Crippen LogP contribution in [0, 0.1) is 0 Å². The molecule has 6 nitrogen and oxygen atoms in total. The van der Waals surface area contributed by atoms with Gasteiger partial charge in [-0.1, -0.05) is 325 Å². The van der Waals surface area contributed by atoms with Crippen molar-refractivity contribution in [1.29, 1.82) is 0 Å². The minimum Gasteiger partial charge on any atom is -0.462 e. The first kappa shape index (κ1) is 75.8. The van der Waals surface area contributed by atoms with Gasteiger partial charge in [-0.25, -0.2) is 0 Å². The number of esters is 3. The van der Waals surface area contributed by atoms with E-state index in [1.54, 1.807) is 0 Å². The molecule has 0 aliphatic carbocycles. The minimum absolute atomic E-state index is 0.0905. The molecule has 1 unspecified atom stereocenters. The second-order valence-electron chi connectivity index (χ2n) is 23.1. The van der Waals surface area contributed by atoms with Crippen LogP contribution in [-0.4, -0.2) is 37.2 Å². The summed E-state index contributed by atoms with van der Waals surface area (Å²) in [6, 6.07) is 0. The topological polar surface area (TPSA) is 78.9 Å². The predicted molar refractivity (Wildman–Crippen MR) is 344 cm³/mol. The number of unbranched alkanes of at least 4 members (excludes halogenated alkanes) is 40. The van der Waals surface area contributed by atoms with E-state index in [0.717, 1.165) is 77.0 Å². The van der Waals surface area contributed by atoms with E-state index in [1.807, 2.05) is 0 Å². The summed E-state index contributed by atoms with van der Waals surface area (Å²) < 4.78 is 16.9. The van der Waals surface area contributed by atoms with Gasteiger partial charge in [0.1, 0.15) is 13.2 Å². The van der Waals surface area contributed by atoms with Crippen molar-refractivity contribution in [3.05, 3.63) is 72.9 Å². The molecule has 0 aromatic carbocycles. The number of ether oxygens (including phenoxy) is 3. The van der Waals surface area contributed by atoms with Crippen LogP contribution in [0.4, 0.5) is 0 Å². The predicted octanol–water partition coefficient (Wildman–Crippen LogP) is 23.7. The second kappa shape index (κ2) is 67.4. The van der Waals surface area contributed by atoms with Crippen molar-refractivity contribution in [2.24, 2.45) is 0 Å². The number of hydrogen-bond donors (Lipinski definition) is 0. The summed E-state index contributed by atoms with van der Waals surface area (Å²) in [5.41, 5.74) is 0. The molecular weight excluding hydrogens is 973 g/mol. The van der Waals surface area contributed by atoms with E-state index in [0.29, 0.717) is 19.3 Å². The molecule has 0 aromatic rings. The maximum absolute atomic E-state index is 12.9. The number of carbonyl (C=O) groups is 3. The molecule has 0 aliphatic rings. The van der Waals surface area contributed by atoms with Crippen LogP contribution < -0.4 is 0 Å². The highest BCUT2D eigenvalue weighted by Gasteiger charge is 2.19. The third-order valence-electron chi connectivity index (χ3n) is 15.2. The quantitative estimate of drug-likeness (QED) is 0.0261. The summed E-state index contributed by atoms with van der Waals surface area (Å²) in [6.45, 7) is 6.53. The smallest absolute Gasteiger partial charge is 0.306 e. The Kier molecular flexibility index (Phi) is 64.7. The highest BCUT2D eigenvalue weighted by atomic mass is 16.6. The van der Waals surface area contributed by atoms with Crippen molar-refractivity contribution in [1.82, 2.24) is 0 Å². The normalized spacial score (nSPS) is 12.5. The van der Waals surface area contributed by atoms with Crippen molar-refractivity contribution < 1.29 is 28.6 Å². The SMILES string of the molecule is CC/C=C\C/C=C\C/C=C\C/C=C\C/C=C\CCCC(=O)OCC(COC(=O)CCCCCCCCCCCCCCCCCCCCCCCCCCC)OC(=O)CCCCCCCCCCC/C=C\CCCCCCCC. The van der Waals surface area contributed by atoms with Crippen LogP contribution in [0.3, 0.4) is 0 Å². The number of hydrogen-bond acceptors (Lipinski definition) is 6. The number of carbonyl (C=O) groups excluding carboxylic acids is 3. The van der Waals surface area contributed by atoms with Crippen LogP contribution in [0.15, 0.2) is 72.9 Å². The molecule has 0 saturated heterocycles. The van der Waals surface area contributed by atoms with Gasteiger partial charge in [0.25, 0.3) is 0 Å². The fraction of sp³-hybridized carbons (Fsp3) is 0.795. The van der Waals surface area contributed by atoms with Gasteiger partial charge in [-0.3, -0.25) is 14.4 Å². The fourth-order valence-electron chi connectivity index (χ4n) is 10.1.